The van der Waals surface area contributed by atoms with E-state index in [9.17, 15) is 9.90 Å². The summed E-state index contributed by atoms with van der Waals surface area (Å²) in [4.78, 5) is 11.8. The van der Waals surface area contributed by atoms with Gasteiger partial charge in [-0.15, -0.1) is 0 Å². The van der Waals surface area contributed by atoms with Crippen molar-refractivity contribution < 1.29 is 14.6 Å². The van der Waals surface area contributed by atoms with Gasteiger partial charge < -0.3 is 20.9 Å². The molecule has 5 nitrogen and oxygen atoms in total. The summed E-state index contributed by atoms with van der Waals surface area (Å²) in [7, 11) is 0. The maximum absolute atomic E-state index is 11.8. The number of ether oxygens (including phenoxy) is 1. The van der Waals surface area contributed by atoms with Crippen molar-refractivity contribution in [1.82, 2.24) is 5.32 Å². The maximum Gasteiger partial charge on any atom is 0.249 e. The molecule has 0 radical (unpaired) electrons. The normalized spacial score (nSPS) is 24.1. The molecule has 1 saturated heterocycles. The summed E-state index contributed by atoms with van der Waals surface area (Å²) >= 11 is 0. The fourth-order valence-electron chi connectivity index (χ4n) is 2.14. The van der Waals surface area contributed by atoms with Crippen LogP contribution in [0.1, 0.15) is 31.4 Å². The molecular formula is C14H20N2O3. The van der Waals surface area contributed by atoms with E-state index in [4.69, 9.17) is 10.5 Å². The Morgan fingerprint density at radius 2 is 2.16 bits per heavy atom. The number of hydrogen-bond donors (Lipinski definition) is 3. The fourth-order valence-corrected chi connectivity index (χ4v) is 2.14. The number of carbonyl (C=O) groups excluding carboxylic acids is 1. The second kappa shape index (κ2) is 6.04. The van der Waals surface area contributed by atoms with Crippen LogP contribution in [0.4, 0.5) is 5.69 Å². The molecule has 1 aliphatic rings. The van der Waals surface area contributed by atoms with Gasteiger partial charge in [0.05, 0.1) is 12.2 Å². The van der Waals surface area contributed by atoms with E-state index in [2.05, 4.69) is 5.32 Å². The van der Waals surface area contributed by atoms with Gasteiger partial charge >= 0.3 is 0 Å². The number of nitrogens with one attached hydrogen (secondary N) is 1. The number of hydrogen-bond acceptors (Lipinski definition) is 4. The molecule has 0 aliphatic carbocycles. The van der Waals surface area contributed by atoms with Crippen molar-refractivity contribution in [3.8, 4) is 0 Å². The first kappa shape index (κ1) is 13.8. The van der Waals surface area contributed by atoms with Gasteiger partial charge in [-0.2, -0.15) is 0 Å². The lowest BCUT2D eigenvalue weighted by Gasteiger charge is -2.15. The lowest BCUT2D eigenvalue weighted by atomic mass is 10.1. The molecule has 19 heavy (non-hydrogen) atoms. The molecule has 1 heterocycles. The van der Waals surface area contributed by atoms with E-state index in [0.29, 0.717) is 5.69 Å². The second-order valence-corrected chi connectivity index (χ2v) is 4.94. The number of nitrogens with two attached hydrogens (primary N) is 1. The van der Waals surface area contributed by atoms with Gasteiger partial charge in [0, 0.05) is 12.2 Å². The molecule has 1 aromatic carbocycles. The van der Waals surface area contributed by atoms with E-state index in [1.54, 1.807) is 24.3 Å². The predicted molar refractivity (Wildman–Crippen MR) is 72.4 cm³/mol. The van der Waals surface area contributed by atoms with Crippen LogP contribution in [-0.4, -0.2) is 29.8 Å². The Morgan fingerprint density at radius 3 is 2.74 bits per heavy atom. The standard InChI is InChI=1S/C14H20N2O3/c1-9-2-7-13(19-9)14(18)16-8-12(17)10-3-5-11(15)6-4-10/h3-6,9,12-13,17H,2,7-8,15H2,1H3,(H,16,18). The third-order valence-corrected chi connectivity index (χ3v) is 3.32. The molecule has 3 atom stereocenters. The first-order valence-electron chi connectivity index (χ1n) is 6.53. The molecule has 1 aromatic rings. The minimum atomic E-state index is -0.733. The van der Waals surface area contributed by atoms with Crippen molar-refractivity contribution in [2.75, 3.05) is 12.3 Å². The number of aliphatic hydroxyl groups excluding tert-OH is 1. The largest absolute Gasteiger partial charge is 0.399 e. The predicted octanol–water partition coefficient (Wildman–Crippen LogP) is 0.986. The van der Waals surface area contributed by atoms with Crippen molar-refractivity contribution in [3.05, 3.63) is 29.8 Å². The second-order valence-electron chi connectivity index (χ2n) is 4.94. The molecule has 3 unspecified atom stereocenters. The molecule has 0 spiro atoms. The molecule has 104 valence electrons. The summed E-state index contributed by atoms with van der Waals surface area (Å²) in [6.45, 7) is 2.13. The number of anilines is 1. The average Bonchev–Trinajstić information content (AvgIpc) is 2.83. The molecule has 0 saturated carbocycles. The minimum absolute atomic E-state index is 0.137. The van der Waals surface area contributed by atoms with Crippen LogP contribution >= 0.6 is 0 Å². The average molecular weight is 264 g/mol. The smallest absolute Gasteiger partial charge is 0.249 e. The number of amides is 1. The van der Waals surface area contributed by atoms with Crippen LogP contribution in [-0.2, 0) is 9.53 Å². The minimum Gasteiger partial charge on any atom is -0.399 e. The van der Waals surface area contributed by atoms with E-state index in [1.165, 1.54) is 0 Å². The number of rotatable bonds is 4. The first-order valence-corrected chi connectivity index (χ1v) is 6.53. The molecule has 5 heteroatoms. The van der Waals surface area contributed by atoms with Crippen molar-refractivity contribution in [3.63, 3.8) is 0 Å². The van der Waals surface area contributed by atoms with Crippen molar-refractivity contribution in [1.29, 1.82) is 0 Å². The zero-order valence-corrected chi connectivity index (χ0v) is 11.0. The quantitative estimate of drug-likeness (QED) is 0.708. The number of nitrogen functional groups attached to an aromatic ring is 1. The molecule has 0 aromatic heterocycles. The van der Waals surface area contributed by atoms with Gasteiger partial charge in [0.1, 0.15) is 6.10 Å². The lowest BCUT2D eigenvalue weighted by Crippen LogP contribution is -2.37. The summed E-state index contributed by atoms with van der Waals surface area (Å²) in [5.41, 5.74) is 6.96. The first-order chi connectivity index (χ1) is 9.06. The Balaban J connectivity index is 1.81. The zero-order valence-electron chi connectivity index (χ0n) is 11.0. The summed E-state index contributed by atoms with van der Waals surface area (Å²) in [6, 6.07) is 6.95. The third kappa shape index (κ3) is 3.68. The molecule has 1 aliphatic heterocycles. The van der Waals surface area contributed by atoms with E-state index in [-0.39, 0.29) is 24.7 Å². The van der Waals surface area contributed by atoms with E-state index in [0.717, 1.165) is 18.4 Å². The SMILES string of the molecule is CC1CCC(C(=O)NCC(O)c2ccc(N)cc2)O1. The van der Waals surface area contributed by atoms with Crippen molar-refractivity contribution in [2.45, 2.75) is 38.1 Å². The summed E-state index contributed by atoms with van der Waals surface area (Å²) in [5.74, 6) is -0.154. The van der Waals surface area contributed by atoms with Gasteiger partial charge in [-0.3, -0.25) is 4.79 Å². The van der Waals surface area contributed by atoms with Gasteiger partial charge in [-0.05, 0) is 37.5 Å². The molecule has 4 N–H and O–H groups in total. The van der Waals surface area contributed by atoms with Crippen LogP contribution in [0, 0.1) is 0 Å². The zero-order chi connectivity index (χ0) is 13.8. The van der Waals surface area contributed by atoms with Crippen molar-refractivity contribution in [2.24, 2.45) is 0 Å². The molecule has 0 bridgehead atoms. The highest BCUT2D eigenvalue weighted by Gasteiger charge is 2.28. The Hall–Kier alpha value is -1.59. The van der Waals surface area contributed by atoms with Crippen LogP contribution in [0.3, 0.4) is 0 Å². The van der Waals surface area contributed by atoms with Crippen LogP contribution in [0.5, 0.6) is 0 Å². The highest BCUT2D eigenvalue weighted by molar-refractivity contribution is 5.81. The van der Waals surface area contributed by atoms with E-state index >= 15 is 0 Å². The van der Waals surface area contributed by atoms with Crippen LogP contribution in [0.15, 0.2) is 24.3 Å². The number of aliphatic hydroxyl groups is 1. The summed E-state index contributed by atoms with van der Waals surface area (Å²) in [6.07, 6.45) is 0.665. The molecule has 1 fully saturated rings. The summed E-state index contributed by atoms with van der Waals surface area (Å²) < 4.78 is 5.47. The lowest BCUT2D eigenvalue weighted by molar-refractivity contribution is -0.132. The highest BCUT2D eigenvalue weighted by Crippen LogP contribution is 2.19. The Labute approximate surface area is 112 Å². The molecule has 2 rings (SSSR count). The van der Waals surface area contributed by atoms with Crippen molar-refractivity contribution >= 4 is 11.6 Å². The van der Waals surface area contributed by atoms with Gasteiger partial charge in [0.15, 0.2) is 0 Å². The Kier molecular flexibility index (Phi) is 4.39. The van der Waals surface area contributed by atoms with Crippen LogP contribution in [0.2, 0.25) is 0 Å². The van der Waals surface area contributed by atoms with Crippen LogP contribution < -0.4 is 11.1 Å². The van der Waals surface area contributed by atoms with E-state index < -0.39 is 6.10 Å². The maximum atomic E-state index is 11.8. The molecular weight excluding hydrogens is 244 g/mol. The van der Waals surface area contributed by atoms with Gasteiger partial charge in [0.25, 0.3) is 0 Å². The van der Waals surface area contributed by atoms with Crippen LogP contribution in [0.25, 0.3) is 0 Å². The van der Waals surface area contributed by atoms with Gasteiger partial charge in [-0.1, -0.05) is 12.1 Å². The Morgan fingerprint density at radius 1 is 1.47 bits per heavy atom. The number of benzene rings is 1. The summed E-state index contributed by atoms with van der Waals surface area (Å²) in [5, 5.41) is 12.7. The topological polar surface area (TPSA) is 84.6 Å². The van der Waals surface area contributed by atoms with Gasteiger partial charge in [0.2, 0.25) is 5.91 Å². The monoisotopic (exact) mass is 264 g/mol. The Bertz CT molecular complexity index is 433. The number of carbonyl (C=O) groups is 1. The highest BCUT2D eigenvalue weighted by atomic mass is 16.5. The molecule has 1 amide bonds. The van der Waals surface area contributed by atoms with E-state index in [1.807, 2.05) is 6.92 Å². The fraction of sp³-hybridized carbons (Fsp3) is 0.500. The van der Waals surface area contributed by atoms with Gasteiger partial charge in [-0.25, -0.2) is 0 Å². The third-order valence-electron chi connectivity index (χ3n) is 3.32.